The van der Waals surface area contributed by atoms with Gasteiger partial charge < -0.3 is 14.8 Å². The first-order valence-electron chi connectivity index (χ1n) is 11.2. The van der Waals surface area contributed by atoms with E-state index >= 15 is 0 Å². The van der Waals surface area contributed by atoms with Crippen LogP contribution in [0.3, 0.4) is 0 Å². The average Bonchev–Trinajstić information content (AvgIpc) is 3.22. The molecule has 2 rings (SSSR count). The normalized spacial score (nSPS) is 26.9. The molecule has 8 heteroatoms. The van der Waals surface area contributed by atoms with Gasteiger partial charge in [0, 0.05) is 32.2 Å². The standard InChI is InChI=1S/C22H34N2O6/c25-19-11-3-4-12-20(26)24-15-9-10-18(24)22(28)30-17-8-2-1-7-16-29-21(27)13-5-6-14-23-19/h1-2,18H,3-17H2,(H,23,25)/p+1. The van der Waals surface area contributed by atoms with E-state index in [-0.39, 0.29) is 30.4 Å². The van der Waals surface area contributed by atoms with Crippen LogP contribution >= 0.6 is 0 Å². The SMILES string of the molecule is O=C1CCCCC(=O)[NH+]2CCCC2C(=O)OCCC=CCCOC(=O)CCCCN1. The number of quaternary nitrogens is 1. The number of carbonyl (C=O) groups is 4. The summed E-state index contributed by atoms with van der Waals surface area (Å²) < 4.78 is 10.5. The van der Waals surface area contributed by atoms with E-state index in [9.17, 15) is 19.2 Å². The van der Waals surface area contributed by atoms with Crippen LogP contribution in [0, 0.1) is 0 Å². The zero-order valence-corrected chi connectivity index (χ0v) is 17.8. The number of amides is 2. The number of hydrogen-bond acceptors (Lipinski definition) is 6. The molecule has 2 N–H and O–H groups in total. The molecule has 2 heterocycles. The third-order valence-corrected chi connectivity index (χ3v) is 5.43. The van der Waals surface area contributed by atoms with Crippen molar-refractivity contribution in [2.45, 2.75) is 76.7 Å². The van der Waals surface area contributed by atoms with E-state index in [1.54, 1.807) is 0 Å². The molecule has 30 heavy (non-hydrogen) atoms. The van der Waals surface area contributed by atoms with Gasteiger partial charge in [0.2, 0.25) is 5.91 Å². The molecule has 2 aliphatic heterocycles. The van der Waals surface area contributed by atoms with E-state index in [0.717, 1.165) is 12.8 Å². The van der Waals surface area contributed by atoms with Crippen LogP contribution in [0.1, 0.15) is 70.6 Å². The smallest absolute Gasteiger partial charge is 0.365 e. The Hall–Kier alpha value is -2.22. The van der Waals surface area contributed by atoms with Crippen molar-refractivity contribution in [2.24, 2.45) is 0 Å². The van der Waals surface area contributed by atoms with Crippen LogP contribution in [0.5, 0.6) is 0 Å². The Balaban J connectivity index is 1.84. The van der Waals surface area contributed by atoms with Gasteiger partial charge in [0.1, 0.15) is 0 Å². The van der Waals surface area contributed by atoms with Gasteiger partial charge in [-0.05, 0) is 38.5 Å². The molecule has 2 atom stereocenters. The monoisotopic (exact) mass is 423 g/mol. The van der Waals surface area contributed by atoms with E-state index in [4.69, 9.17) is 9.47 Å². The number of cyclic esters (lactones) is 2. The van der Waals surface area contributed by atoms with Gasteiger partial charge in [-0.3, -0.25) is 14.5 Å². The summed E-state index contributed by atoms with van der Waals surface area (Å²) in [5.74, 6) is -0.533. The third-order valence-electron chi connectivity index (χ3n) is 5.43. The van der Waals surface area contributed by atoms with E-state index in [0.29, 0.717) is 82.4 Å². The van der Waals surface area contributed by atoms with Crippen molar-refractivity contribution in [2.75, 3.05) is 26.3 Å². The quantitative estimate of drug-likeness (QED) is 0.442. The van der Waals surface area contributed by atoms with Crippen molar-refractivity contribution in [1.82, 2.24) is 5.32 Å². The second kappa shape index (κ2) is 13.9. The number of carbonyl (C=O) groups excluding carboxylic acids is 4. The summed E-state index contributed by atoms with van der Waals surface area (Å²) in [6, 6.07) is -0.411. The molecule has 168 valence electrons. The molecule has 0 radical (unpaired) electrons. The van der Waals surface area contributed by atoms with Gasteiger partial charge >= 0.3 is 17.8 Å². The second-order valence-corrected chi connectivity index (χ2v) is 7.84. The molecule has 0 saturated carbocycles. The molecule has 0 aromatic carbocycles. The third kappa shape index (κ3) is 9.07. The summed E-state index contributed by atoms with van der Waals surface area (Å²) in [6.07, 6.45) is 10.3. The molecule has 0 aromatic rings. The lowest BCUT2D eigenvalue weighted by molar-refractivity contribution is -0.824. The molecule has 8 nitrogen and oxygen atoms in total. The van der Waals surface area contributed by atoms with Crippen molar-refractivity contribution in [3.8, 4) is 0 Å². The Morgan fingerprint density at radius 1 is 0.833 bits per heavy atom. The molecule has 0 aliphatic carbocycles. The van der Waals surface area contributed by atoms with Crippen molar-refractivity contribution in [3.63, 3.8) is 0 Å². The van der Waals surface area contributed by atoms with E-state index in [1.165, 1.54) is 0 Å². The maximum Gasteiger partial charge on any atom is 0.365 e. The summed E-state index contributed by atoms with van der Waals surface area (Å²) in [6.45, 7) is 1.81. The number of fused-ring (bicyclic) bond motifs is 1. The Morgan fingerprint density at radius 3 is 2.33 bits per heavy atom. The summed E-state index contributed by atoms with van der Waals surface area (Å²) in [4.78, 5) is 49.1. The highest BCUT2D eigenvalue weighted by Gasteiger charge is 2.40. The molecule has 2 aliphatic rings. The van der Waals surface area contributed by atoms with Crippen molar-refractivity contribution in [1.29, 1.82) is 0 Å². The first-order chi connectivity index (χ1) is 14.6. The molecular formula is C22H35N2O6+. The number of ether oxygens (including phenoxy) is 2. The van der Waals surface area contributed by atoms with Gasteiger partial charge in [-0.2, -0.15) is 0 Å². The van der Waals surface area contributed by atoms with E-state index in [2.05, 4.69) is 5.32 Å². The Morgan fingerprint density at radius 2 is 1.53 bits per heavy atom. The molecule has 0 bridgehead atoms. The van der Waals surface area contributed by atoms with Crippen LogP contribution in [0.25, 0.3) is 0 Å². The first-order valence-corrected chi connectivity index (χ1v) is 11.2. The number of hydrogen-bond donors (Lipinski definition) is 2. The lowest BCUT2D eigenvalue weighted by Gasteiger charge is -2.18. The van der Waals surface area contributed by atoms with Gasteiger partial charge in [0.25, 0.3) is 0 Å². The summed E-state index contributed by atoms with van der Waals surface area (Å²) in [7, 11) is 0. The van der Waals surface area contributed by atoms with E-state index in [1.807, 2.05) is 12.2 Å². The highest BCUT2D eigenvalue weighted by molar-refractivity contribution is 5.78. The van der Waals surface area contributed by atoms with Crippen LogP contribution in [0.4, 0.5) is 0 Å². The lowest BCUT2D eigenvalue weighted by Crippen LogP contribution is -3.17. The van der Waals surface area contributed by atoms with Crippen LogP contribution in [-0.4, -0.2) is 56.1 Å². The Labute approximate surface area is 178 Å². The fraction of sp³-hybridized carbons (Fsp3) is 0.727. The maximum atomic E-state index is 12.5. The summed E-state index contributed by atoms with van der Waals surface area (Å²) >= 11 is 0. The zero-order chi connectivity index (χ0) is 21.6. The number of rotatable bonds is 0. The molecule has 1 saturated heterocycles. The topological polar surface area (TPSA) is 103 Å². The van der Waals surface area contributed by atoms with Crippen molar-refractivity contribution >= 4 is 23.8 Å². The highest BCUT2D eigenvalue weighted by Crippen LogP contribution is 2.06. The second-order valence-electron chi connectivity index (χ2n) is 7.84. The lowest BCUT2D eigenvalue weighted by atomic mass is 10.1. The summed E-state index contributed by atoms with van der Waals surface area (Å²) in [5.41, 5.74) is 0. The minimum absolute atomic E-state index is 0.0369. The zero-order valence-electron chi connectivity index (χ0n) is 17.8. The summed E-state index contributed by atoms with van der Waals surface area (Å²) in [5, 5.41) is 2.84. The van der Waals surface area contributed by atoms with E-state index < -0.39 is 6.04 Å². The molecule has 0 aromatic heterocycles. The van der Waals surface area contributed by atoms with Crippen LogP contribution < -0.4 is 10.2 Å². The number of esters is 2. The van der Waals surface area contributed by atoms with Gasteiger partial charge in [-0.1, -0.05) is 12.2 Å². The van der Waals surface area contributed by atoms with Gasteiger partial charge in [0.15, 0.2) is 6.04 Å². The molecule has 2 amide bonds. The van der Waals surface area contributed by atoms with Gasteiger partial charge in [0.05, 0.1) is 26.2 Å². The highest BCUT2D eigenvalue weighted by atomic mass is 16.5. The fourth-order valence-corrected chi connectivity index (χ4v) is 3.76. The Bertz CT molecular complexity index is 619. The minimum atomic E-state index is -0.411. The molecule has 2 unspecified atom stereocenters. The van der Waals surface area contributed by atoms with Gasteiger partial charge in [-0.15, -0.1) is 0 Å². The van der Waals surface area contributed by atoms with Gasteiger partial charge in [-0.25, -0.2) is 9.59 Å². The Kier molecular flexibility index (Phi) is 11.1. The minimum Gasteiger partial charge on any atom is -0.465 e. The van der Waals surface area contributed by atoms with Crippen molar-refractivity contribution < 1.29 is 33.6 Å². The predicted octanol–water partition coefficient (Wildman–Crippen LogP) is 0.844. The average molecular weight is 424 g/mol. The maximum absolute atomic E-state index is 12.5. The predicted molar refractivity (Wildman–Crippen MR) is 109 cm³/mol. The fourth-order valence-electron chi connectivity index (χ4n) is 3.76. The molecular weight excluding hydrogens is 388 g/mol. The van der Waals surface area contributed by atoms with Crippen molar-refractivity contribution in [3.05, 3.63) is 12.2 Å². The van der Waals surface area contributed by atoms with Crippen LogP contribution in [0.2, 0.25) is 0 Å². The number of nitrogens with one attached hydrogen (secondary N) is 2. The first kappa shape index (κ1) is 24.1. The largest absolute Gasteiger partial charge is 0.465 e. The molecule has 1 fully saturated rings. The van der Waals surface area contributed by atoms with Crippen LogP contribution in [0.15, 0.2) is 12.2 Å². The molecule has 0 spiro atoms. The van der Waals surface area contributed by atoms with Crippen LogP contribution in [-0.2, 0) is 28.7 Å².